The van der Waals surface area contributed by atoms with Crippen LogP contribution in [0.4, 0.5) is 0 Å². The van der Waals surface area contributed by atoms with Crippen molar-refractivity contribution in [2.75, 3.05) is 0 Å². The maximum atomic E-state index is 3.86. The van der Waals surface area contributed by atoms with Gasteiger partial charge in [0.25, 0.3) is 0 Å². The molecule has 0 amide bonds. The second-order valence-corrected chi connectivity index (χ2v) is 5.83. The van der Waals surface area contributed by atoms with Crippen molar-refractivity contribution in [3.05, 3.63) is 71.8 Å². The molecule has 3 unspecified atom stereocenters. The van der Waals surface area contributed by atoms with Crippen molar-refractivity contribution in [3.8, 4) is 0 Å². The van der Waals surface area contributed by atoms with E-state index in [9.17, 15) is 0 Å². The lowest BCUT2D eigenvalue weighted by molar-refractivity contribution is 0.504. The minimum absolute atomic E-state index is 0.431. The Bertz CT molecular complexity index is 520. The minimum atomic E-state index is 0.431. The molecule has 2 aromatic carbocycles. The summed E-state index contributed by atoms with van der Waals surface area (Å²) in [7, 11) is 0. The van der Waals surface area contributed by atoms with Crippen LogP contribution in [0, 0.1) is 5.92 Å². The Morgan fingerprint density at radius 1 is 1.00 bits per heavy atom. The van der Waals surface area contributed by atoms with Gasteiger partial charge in [-0.2, -0.15) is 0 Å². The molecule has 20 heavy (non-hydrogen) atoms. The summed E-state index contributed by atoms with van der Waals surface area (Å²) >= 11 is 0. The van der Waals surface area contributed by atoms with Crippen LogP contribution in [0.15, 0.2) is 60.7 Å². The first-order valence-corrected chi connectivity index (χ1v) is 7.71. The predicted octanol–water partition coefficient (Wildman–Crippen LogP) is 4.36. The Hall–Kier alpha value is -1.60. The van der Waals surface area contributed by atoms with E-state index in [1.54, 1.807) is 0 Å². The van der Waals surface area contributed by atoms with E-state index in [-0.39, 0.29) is 0 Å². The lowest BCUT2D eigenvalue weighted by Crippen LogP contribution is -2.26. The highest BCUT2D eigenvalue weighted by molar-refractivity contribution is 5.24. The van der Waals surface area contributed by atoms with E-state index in [0.717, 1.165) is 12.3 Å². The summed E-state index contributed by atoms with van der Waals surface area (Å²) in [4.78, 5) is 0. The van der Waals surface area contributed by atoms with Crippen LogP contribution in [0.25, 0.3) is 0 Å². The van der Waals surface area contributed by atoms with Crippen molar-refractivity contribution in [2.24, 2.45) is 5.92 Å². The van der Waals surface area contributed by atoms with Gasteiger partial charge in [0.05, 0.1) is 0 Å². The molecule has 1 heteroatoms. The first-order valence-electron chi connectivity index (χ1n) is 7.71. The second kappa shape index (κ2) is 6.23. The van der Waals surface area contributed by atoms with Gasteiger partial charge in [-0.3, -0.25) is 0 Å². The summed E-state index contributed by atoms with van der Waals surface area (Å²) in [6.07, 6.45) is 3.71. The van der Waals surface area contributed by atoms with Crippen LogP contribution in [0.5, 0.6) is 0 Å². The lowest BCUT2D eigenvalue weighted by atomic mass is 9.98. The molecule has 0 radical (unpaired) electrons. The number of benzene rings is 2. The van der Waals surface area contributed by atoms with Crippen molar-refractivity contribution in [2.45, 2.75) is 38.3 Å². The smallest absolute Gasteiger partial charge is 0.0363 e. The topological polar surface area (TPSA) is 12.0 Å². The molecule has 1 saturated carbocycles. The minimum Gasteiger partial charge on any atom is -0.307 e. The highest BCUT2D eigenvalue weighted by Crippen LogP contribution is 2.35. The molecule has 3 atom stereocenters. The van der Waals surface area contributed by atoms with Crippen LogP contribution >= 0.6 is 0 Å². The predicted molar refractivity (Wildman–Crippen MR) is 84.7 cm³/mol. The first-order chi connectivity index (χ1) is 9.86. The van der Waals surface area contributed by atoms with E-state index >= 15 is 0 Å². The van der Waals surface area contributed by atoms with Gasteiger partial charge < -0.3 is 5.32 Å². The molecular weight excluding hydrogens is 242 g/mol. The van der Waals surface area contributed by atoms with Crippen LogP contribution in [0.1, 0.15) is 36.9 Å². The zero-order chi connectivity index (χ0) is 13.8. The zero-order valence-corrected chi connectivity index (χ0v) is 12.1. The number of nitrogens with one attached hydrogen (secondary N) is 1. The maximum Gasteiger partial charge on any atom is 0.0363 e. The third-order valence-electron chi connectivity index (χ3n) is 4.35. The highest BCUT2D eigenvalue weighted by Gasteiger charge is 2.36. The molecular formula is C19H23N. The number of rotatable bonds is 6. The summed E-state index contributed by atoms with van der Waals surface area (Å²) < 4.78 is 0. The summed E-state index contributed by atoms with van der Waals surface area (Å²) in [6, 6.07) is 22.8. The Balaban J connectivity index is 1.73. The lowest BCUT2D eigenvalue weighted by Gasteiger charge is -2.20. The molecule has 104 valence electrons. The SMILES string of the molecule is CCC1CC1NC(Cc1ccccc1)c1ccccc1. The van der Waals surface area contributed by atoms with Crippen molar-refractivity contribution >= 4 is 0 Å². The molecule has 0 aromatic heterocycles. The molecule has 1 aliphatic carbocycles. The van der Waals surface area contributed by atoms with E-state index in [0.29, 0.717) is 12.1 Å². The normalized spacial score (nSPS) is 22.4. The van der Waals surface area contributed by atoms with Crippen LogP contribution in [-0.4, -0.2) is 6.04 Å². The van der Waals surface area contributed by atoms with E-state index in [1.165, 1.54) is 24.0 Å². The molecule has 0 bridgehead atoms. The second-order valence-electron chi connectivity index (χ2n) is 5.83. The first kappa shape index (κ1) is 13.4. The van der Waals surface area contributed by atoms with Gasteiger partial charge in [0.15, 0.2) is 0 Å². The van der Waals surface area contributed by atoms with Gasteiger partial charge in [-0.25, -0.2) is 0 Å². The van der Waals surface area contributed by atoms with Gasteiger partial charge in [0.1, 0.15) is 0 Å². The van der Waals surface area contributed by atoms with Crippen molar-refractivity contribution in [1.29, 1.82) is 0 Å². The fourth-order valence-electron chi connectivity index (χ4n) is 2.97. The van der Waals surface area contributed by atoms with Crippen molar-refractivity contribution < 1.29 is 0 Å². The molecule has 1 nitrogen and oxygen atoms in total. The maximum absolute atomic E-state index is 3.86. The summed E-state index contributed by atoms with van der Waals surface area (Å²) in [6.45, 7) is 2.29. The van der Waals surface area contributed by atoms with Crippen molar-refractivity contribution in [3.63, 3.8) is 0 Å². The van der Waals surface area contributed by atoms with Crippen LogP contribution in [-0.2, 0) is 6.42 Å². The monoisotopic (exact) mass is 265 g/mol. The Morgan fingerprint density at radius 3 is 2.25 bits per heavy atom. The third kappa shape index (κ3) is 3.29. The molecule has 0 saturated heterocycles. The number of hydrogen-bond donors (Lipinski definition) is 1. The molecule has 0 heterocycles. The summed E-state index contributed by atoms with van der Waals surface area (Å²) in [5.74, 6) is 0.886. The Morgan fingerprint density at radius 2 is 1.65 bits per heavy atom. The van der Waals surface area contributed by atoms with Gasteiger partial charge in [-0.05, 0) is 29.9 Å². The van der Waals surface area contributed by atoms with Crippen molar-refractivity contribution in [1.82, 2.24) is 5.32 Å². The van der Waals surface area contributed by atoms with E-state index in [4.69, 9.17) is 0 Å². The van der Waals surface area contributed by atoms with Gasteiger partial charge in [-0.1, -0.05) is 74.0 Å². The van der Waals surface area contributed by atoms with E-state index in [2.05, 4.69) is 72.9 Å². The van der Waals surface area contributed by atoms with Crippen LogP contribution < -0.4 is 5.32 Å². The average Bonchev–Trinajstić information content (AvgIpc) is 3.27. The zero-order valence-electron chi connectivity index (χ0n) is 12.1. The quantitative estimate of drug-likeness (QED) is 0.818. The standard InChI is InChI=1S/C19H23N/c1-2-16-14-19(16)20-18(17-11-7-4-8-12-17)13-15-9-5-3-6-10-15/h3-12,16,18-20H,2,13-14H2,1H3. The molecule has 2 aromatic rings. The summed E-state index contributed by atoms with van der Waals surface area (Å²) in [5.41, 5.74) is 2.81. The third-order valence-corrected chi connectivity index (χ3v) is 4.35. The Labute approximate surface area is 122 Å². The van der Waals surface area contributed by atoms with Gasteiger partial charge >= 0.3 is 0 Å². The molecule has 0 spiro atoms. The highest BCUT2D eigenvalue weighted by atomic mass is 15.0. The fourth-order valence-corrected chi connectivity index (χ4v) is 2.97. The molecule has 1 aliphatic rings. The fraction of sp³-hybridized carbons (Fsp3) is 0.368. The van der Waals surface area contributed by atoms with Gasteiger partial charge in [0.2, 0.25) is 0 Å². The average molecular weight is 265 g/mol. The van der Waals surface area contributed by atoms with Gasteiger partial charge in [-0.15, -0.1) is 0 Å². The van der Waals surface area contributed by atoms with E-state index in [1.807, 2.05) is 0 Å². The molecule has 3 rings (SSSR count). The Kier molecular flexibility index (Phi) is 4.17. The van der Waals surface area contributed by atoms with Gasteiger partial charge in [0, 0.05) is 12.1 Å². The molecule has 1 fully saturated rings. The number of hydrogen-bond acceptors (Lipinski definition) is 1. The molecule has 1 N–H and O–H groups in total. The van der Waals surface area contributed by atoms with Crippen LogP contribution in [0.2, 0.25) is 0 Å². The largest absolute Gasteiger partial charge is 0.307 e. The van der Waals surface area contributed by atoms with E-state index < -0.39 is 0 Å². The molecule has 0 aliphatic heterocycles. The summed E-state index contributed by atoms with van der Waals surface area (Å²) in [5, 5.41) is 3.86. The van der Waals surface area contributed by atoms with Crippen LogP contribution in [0.3, 0.4) is 0 Å².